The van der Waals surface area contributed by atoms with Crippen molar-refractivity contribution in [1.82, 2.24) is 30.6 Å². The summed E-state index contributed by atoms with van der Waals surface area (Å²) < 4.78 is 27.3. The summed E-state index contributed by atoms with van der Waals surface area (Å²) in [4.78, 5) is 34.3. The molecule has 0 spiro atoms. The number of nitrogens with one attached hydrogen (secondary N) is 4. The van der Waals surface area contributed by atoms with Crippen molar-refractivity contribution in [1.29, 1.82) is 0 Å². The second-order valence-electron chi connectivity index (χ2n) is 8.12. The molecule has 1 fully saturated rings. The second-order valence-corrected chi connectivity index (χ2v) is 10.8. The first kappa shape index (κ1) is 26.1. The van der Waals surface area contributed by atoms with Gasteiger partial charge in [0.05, 0.1) is 10.6 Å². The highest BCUT2D eigenvalue weighted by atomic mass is 32.2. The van der Waals surface area contributed by atoms with Crippen LogP contribution in [0.3, 0.4) is 0 Å². The van der Waals surface area contributed by atoms with Crippen LogP contribution in [0.5, 0.6) is 0 Å². The van der Waals surface area contributed by atoms with E-state index in [9.17, 15) is 18.0 Å². The monoisotopic (exact) mass is 506 g/mol. The number of benzene rings is 1. The molecule has 2 amide bonds. The number of aromatic nitrogens is 2. The third-order valence-electron chi connectivity index (χ3n) is 5.41. The summed E-state index contributed by atoms with van der Waals surface area (Å²) in [6.45, 7) is 5.03. The first-order valence-electron chi connectivity index (χ1n) is 11.0. The summed E-state index contributed by atoms with van der Waals surface area (Å²) in [5.41, 5.74) is 0.724. The average molecular weight is 507 g/mol. The van der Waals surface area contributed by atoms with Crippen molar-refractivity contribution in [2.75, 3.05) is 31.9 Å². The zero-order valence-corrected chi connectivity index (χ0v) is 20.9. The Kier molecular flexibility index (Phi) is 9.00. The van der Waals surface area contributed by atoms with Crippen LogP contribution in [0.15, 0.2) is 46.6 Å². The molecule has 0 atom stereocenters. The summed E-state index contributed by atoms with van der Waals surface area (Å²) in [6, 6.07) is 8.30. The normalized spacial score (nSPS) is 15.5. The van der Waals surface area contributed by atoms with Crippen LogP contribution in [0.25, 0.3) is 0 Å². The van der Waals surface area contributed by atoms with Gasteiger partial charge in [0.2, 0.25) is 21.8 Å². The van der Waals surface area contributed by atoms with Gasteiger partial charge in [-0.15, -0.1) is 0 Å². The fourth-order valence-electron chi connectivity index (χ4n) is 3.52. The molecule has 0 saturated carbocycles. The van der Waals surface area contributed by atoms with Gasteiger partial charge in [-0.3, -0.25) is 9.59 Å². The van der Waals surface area contributed by atoms with Gasteiger partial charge in [0, 0.05) is 25.0 Å². The molecule has 4 N–H and O–H groups in total. The molecule has 12 heteroatoms. The third-order valence-corrected chi connectivity index (χ3v) is 7.75. The molecule has 184 valence electrons. The molecular weight excluding hydrogens is 476 g/mol. The van der Waals surface area contributed by atoms with Gasteiger partial charge >= 0.3 is 0 Å². The summed E-state index contributed by atoms with van der Waals surface area (Å²) in [7, 11) is -3.67. The number of piperidine rings is 1. The molecule has 0 unspecified atom stereocenters. The second kappa shape index (κ2) is 11.7. The standard InChI is InChI=1S/C22H30N6O4S2/c1-16-3-5-18(6-4-16)34(31,32)26-14-13-24-20(30)22(8-11-23-12-9-22)28-19(29)15-33-21-25-10-7-17(2)27-21/h3-7,10,23,26H,8-9,11-15H2,1-2H3,(H,24,30)(H,28,29). The molecule has 34 heavy (non-hydrogen) atoms. The zero-order valence-electron chi connectivity index (χ0n) is 19.3. The quantitative estimate of drug-likeness (QED) is 0.208. The van der Waals surface area contributed by atoms with E-state index in [1.165, 1.54) is 23.9 Å². The number of carbonyl (C=O) groups excluding carboxylic acids is 2. The van der Waals surface area contributed by atoms with Crippen molar-refractivity contribution in [2.24, 2.45) is 0 Å². The Labute approximate surface area is 204 Å². The molecule has 3 rings (SSSR count). The highest BCUT2D eigenvalue weighted by Crippen LogP contribution is 2.20. The summed E-state index contributed by atoms with van der Waals surface area (Å²) >= 11 is 1.21. The Morgan fingerprint density at radius 1 is 1.09 bits per heavy atom. The topological polar surface area (TPSA) is 142 Å². The van der Waals surface area contributed by atoms with Crippen molar-refractivity contribution in [2.45, 2.75) is 42.3 Å². The summed E-state index contributed by atoms with van der Waals surface area (Å²) in [5.74, 6) is -0.525. The van der Waals surface area contributed by atoms with Gasteiger partial charge in [-0.1, -0.05) is 29.5 Å². The van der Waals surface area contributed by atoms with Crippen molar-refractivity contribution < 1.29 is 18.0 Å². The van der Waals surface area contributed by atoms with Crippen LogP contribution in [-0.4, -0.2) is 67.7 Å². The molecule has 0 radical (unpaired) electrons. The highest BCUT2D eigenvalue weighted by Gasteiger charge is 2.40. The van der Waals surface area contributed by atoms with Gasteiger partial charge < -0.3 is 16.0 Å². The lowest BCUT2D eigenvalue weighted by Gasteiger charge is -2.37. The Bertz CT molecular complexity index is 1100. The molecule has 1 aromatic heterocycles. The Hall–Kier alpha value is -2.54. The molecule has 10 nitrogen and oxygen atoms in total. The van der Waals surface area contributed by atoms with Crippen molar-refractivity contribution >= 4 is 33.6 Å². The maximum Gasteiger partial charge on any atom is 0.245 e. The smallest absolute Gasteiger partial charge is 0.245 e. The summed E-state index contributed by atoms with van der Waals surface area (Å²) in [6.07, 6.45) is 2.51. The lowest BCUT2D eigenvalue weighted by molar-refractivity contribution is -0.133. The van der Waals surface area contributed by atoms with E-state index in [-0.39, 0.29) is 35.6 Å². The predicted molar refractivity (Wildman–Crippen MR) is 130 cm³/mol. The molecule has 1 saturated heterocycles. The number of thioether (sulfide) groups is 1. The van der Waals surface area contributed by atoms with E-state index in [0.717, 1.165) is 11.3 Å². The van der Waals surface area contributed by atoms with Gasteiger partial charge in [-0.2, -0.15) is 0 Å². The number of hydrogen-bond donors (Lipinski definition) is 4. The Morgan fingerprint density at radius 2 is 1.79 bits per heavy atom. The van der Waals surface area contributed by atoms with Crippen LogP contribution < -0.4 is 20.7 Å². The van der Waals surface area contributed by atoms with Crippen LogP contribution in [-0.2, 0) is 19.6 Å². The summed E-state index contributed by atoms with van der Waals surface area (Å²) in [5, 5.41) is 9.37. The van der Waals surface area contributed by atoms with Crippen LogP contribution in [0.4, 0.5) is 0 Å². The largest absolute Gasteiger partial charge is 0.353 e. The van der Waals surface area contributed by atoms with E-state index >= 15 is 0 Å². The zero-order chi connectivity index (χ0) is 24.6. The minimum atomic E-state index is -3.67. The number of rotatable bonds is 10. The Balaban J connectivity index is 1.52. The predicted octanol–water partition coefficient (Wildman–Crippen LogP) is 0.519. The fourth-order valence-corrected chi connectivity index (χ4v) is 5.23. The van der Waals surface area contributed by atoms with E-state index in [1.807, 2.05) is 13.8 Å². The SMILES string of the molecule is Cc1ccc(S(=O)(=O)NCCNC(=O)C2(NC(=O)CSc3nccc(C)n3)CCNCC2)cc1. The van der Waals surface area contributed by atoms with Crippen molar-refractivity contribution in [3.63, 3.8) is 0 Å². The molecule has 1 aliphatic rings. The first-order valence-corrected chi connectivity index (χ1v) is 13.5. The van der Waals surface area contributed by atoms with E-state index in [2.05, 4.69) is 30.6 Å². The minimum absolute atomic E-state index is 0.0325. The van der Waals surface area contributed by atoms with Gasteiger partial charge in [0.1, 0.15) is 5.54 Å². The molecular formula is C22H30N6O4S2. The molecule has 2 heterocycles. The number of carbonyl (C=O) groups is 2. The van der Waals surface area contributed by atoms with Gasteiger partial charge in [-0.05, 0) is 58.0 Å². The molecule has 1 aromatic carbocycles. The maximum atomic E-state index is 13.0. The maximum absolute atomic E-state index is 13.0. The molecule has 2 aromatic rings. The number of hydrogen-bond acceptors (Lipinski definition) is 8. The lowest BCUT2D eigenvalue weighted by atomic mass is 9.87. The van der Waals surface area contributed by atoms with E-state index in [1.54, 1.807) is 24.4 Å². The molecule has 0 bridgehead atoms. The van der Waals surface area contributed by atoms with Crippen molar-refractivity contribution in [3.05, 3.63) is 47.8 Å². The minimum Gasteiger partial charge on any atom is -0.353 e. The number of amides is 2. The lowest BCUT2D eigenvalue weighted by Crippen LogP contribution is -2.63. The first-order chi connectivity index (χ1) is 16.2. The van der Waals surface area contributed by atoms with Crippen LogP contribution in [0.2, 0.25) is 0 Å². The third kappa shape index (κ3) is 7.23. The fraction of sp³-hybridized carbons (Fsp3) is 0.455. The van der Waals surface area contributed by atoms with E-state index in [4.69, 9.17) is 0 Å². The average Bonchev–Trinajstić information content (AvgIpc) is 2.81. The number of aryl methyl sites for hydroxylation is 2. The van der Waals surface area contributed by atoms with Crippen molar-refractivity contribution in [3.8, 4) is 0 Å². The number of nitrogens with zero attached hydrogens (tertiary/aromatic N) is 2. The van der Waals surface area contributed by atoms with E-state index < -0.39 is 15.6 Å². The Morgan fingerprint density at radius 3 is 2.47 bits per heavy atom. The molecule has 1 aliphatic heterocycles. The number of sulfonamides is 1. The van der Waals surface area contributed by atoms with Gasteiger partial charge in [0.15, 0.2) is 5.16 Å². The molecule has 0 aliphatic carbocycles. The van der Waals surface area contributed by atoms with E-state index in [0.29, 0.717) is 31.1 Å². The highest BCUT2D eigenvalue weighted by molar-refractivity contribution is 7.99. The van der Waals surface area contributed by atoms with Gasteiger partial charge in [0.25, 0.3) is 0 Å². The van der Waals surface area contributed by atoms with Crippen LogP contribution in [0, 0.1) is 13.8 Å². The van der Waals surface area contributed by atoms with Crippen LogP contribution >= 0.6 is 11.8 Å². The van der Waals surface area contributed by atoms with Gasteiger partial charge in [-0.25, -0.2) is 23.1 Å². The van der Waals surface area contributed by atoms with Crippen LogP contribution in [0.1, 0.15) is 24.1 Å².